The van der Waals surface area contributed by atoms with Crippen LogP contribution in [0.5, 0.6) is 0 Å². The van der Waals surface area contributed by atoms with Crippen molar-refractivity contribution in [2.45, 2.75) is 19.9 Å². The number of hydrogen-bond acceptors (Lipinski definition) is 4. The van der Waals surface area contributed by atoms with Crippen LogP contribution in [0.1, 0.15) is 23.4 Å². The third-order valence-corrected chi connectivity index (χ3v) is 4.00. The first-order valence-corrected chi connectivity index (χ1v) is 6.33. The molecule has 0 spiro atoms. The summed E-state index contributed by atoms with van der Waals surface area (Å²) in [5.41, 5.74) is 1.49. The molecule has 1 unspecified atom stereocenters. The molecule has 7 heteroatoms. The first-order valence-electron chi connectivity index (χ1n) is 5.45. The monoisotopic (exact) mass is 277 g/mol. The Morgan fingerprint density at radius 1 is 1.58 bits per heavy atom. The van der Waals surface area contributed by atoms with Crippen molar-refractivity contribution in [3.05, 3.63) is 33.2 Å². The molecule has 0 radical (unpaired) electrons. The Balaban J connectivity index is 2.64. The number of rotatable bonds is 1. The van der Waals surface area contributed by atoms with Gasteiger partial charge in [0.15, 0.2) is 0 Å². The number of nitrogens with zero attached hydrogens (tertiary/aromatic N) is 2. The molecule has 1 aromatic rings. The van der Waals surface area contributed by atoms with Crippen LogP contribution >= 0.6 is 11.3 Å². The highest BCUT2D eigenvalue weighted by atomic mass is 32.1. The van der Waals surface area contributed by atoms with Crippen LogP contribution in [0.4, 0.5) is 9.59 Å². The summed E-state index contributed by atoms with van der Waals surface area (Å²) >= 11 is 1.33. The van der Waals surface area contributed by atoms with Gasteiger partial charge in [0.25, 0.3) is 0 Å². The molecular formula is C12H11N3O3S. The molecule has 0 saturated heterocycles. The fourth-order valence-corrected chi connectivity index (χ4v) is 3.02. The Bertz CT molecular complexity index is 626. The zero-order valence-electron chi connectivity index (χ0n) is 10.3. The van der Waals surface area contributed by atoms with Gasteiger partial charge < -0.3 is 10.4 Å². The van der Waals surface area contributed by atoms with Crippen LogP contribution in [0.2, 0.25) is 0 Å². The molecule has 0 saturated carbocycles. The van der Waals surface area contributed by atoms with Gasteiger partial charge in [-0.15, -0.1) is 11.3 Å². The second-order valence-corrected chi connectivity index (χ2v) is 5.05. The van der Waals surface area contributed by atoms with Crippen LogP contribution in [0, 0.1) is 18.3 Å². The van der Waals surface area contributed by atoms with Gasteiger partial charge in [-0.2, -0.15) is 5.26 Å². The van der Waals surface area contributed by atoms with Crippen LogP contribution in [-0.4, -0.2) is 22.1 Å². The van der Waals surface area contributed by atoms with Crippen molar-refractivity contribution in [2.24, 2.45) is 0 Å². The zero-order valence-corrected chi connectivity index (χ0v) is 11.1. The normalized spacial score (nSPS) is 19.1. The van der Waals surface area contributed by atoms with Crippen molar-refractivity contribution in [1.82, 2.24) is 10.2 Å². The standard InChI is InChI=1S/C12H11N3O3S/c1-6-3-4-19-10(6)9-8(5-13)7(2)14-11(16)15(9)12(17)18/h3-4,9H,1-2H3,(H,14,16)(H,17,18). The van der Waals surface area contributed by atoms with Gasteiger partial charge in [0.05, 0.1) is 11.6 Å². The summed E-state index contributed by atoms with van der Waals surface area (Å²) in [4.78, 5) is 24.5. The van der Waals surface area contributed by atoms with E-state index in [4.69, 9.17) is 0 Å². The SMILES string of the molecule is CC1=C(C#N)C(c2sccc2C)N(C(=O)O)C(=O)N1. The molecule has 1 atom stereocenters. The van der Waals surface area contributed by atoms with E-state index >= 15 is 0 Å². The number of thiophene rings is 1. The summed E-state index contributed by atoms with van der Waals surface area (Å²) in [5.74, 6) is 0. The van der Waals surface area contributed by atoms with Crippen molar-refractivity contribution >= 4 is 23.5 Å². The van der Waals surface area contributed by atoms with E-state index in [1.54, 1.807) is 6.92 Å². The second-order valence-electron chi connectivity index (χ2n) is 4.10. The van der Waals surface area contributed by atoms with E-state index in [-0.39, 0.29) is 5.57 Å². The van der Waals surface area contributed by atoms with Crippen molar-refractivity contribution in [1.29, 1.82) is 5.26 Å². The first kappa shape index (κ1) is 13.1. The third-order valence-electron chi connectivity index (χ3n) is 2.93. The predicted octanol–water partition coefficient (Wildman–Crippen LogP) is 2.60. The maximum absolute atomic E-state index is 11.8. The average molecular weight is 277 g/mol. The van der Waals surface area contributed by atoms with Crippen molar-refractivity contribution < 1.29 is 14.7 Å². The lowest BCUT2D eigenvalue weighted by Gasteiger charge is -2.32. The minimum absolute atomic E-state index is 0.243. The minimum Gasteiger partial charge on any atom is -0.465 e. The highest BCUT2D eigenvalue weighted by Crippen LogP contribution is 2.37. The van der Waals surface area contributed by atoms with E-state index in [0.717, 1.165) is 5.56 Å². The Hall–Kier alpha value is -2.33. The van der Waals surface area contributed by atoms with Gasteiger partial charge >= 0.3 is 12.1 Å². The van der Waals surface area contributed by atoms with Crippen LogP contribution in [-0.2, 0) is 0 Å². The zero-order chi connectivity index (χ0) is 14.2. The summed E-state index contributed by atoms with van der Waals surface area (Å²) in [6, 6.07) is 2.22. The van der Waals surface area contributed by atoms with Gasteiger partial charge in [-0.25, -0.2) is 14.5 Å². The van der Waals surface area contributed by atoms with E-state index in [1.807, 2.05) is 24.4 Å². The van der Waals surface area contributed by atoms with Crippen LogP contribution in [0.25, 0.3) is 0 Å². The molecule has 2 N–H and O–H groups in total. The molecule has 0 bridgehead atoms. The molecule has 98 valence electrons. The van der Waals surface area contributed by atoms with E-state index < -0.39 is 18.2 Å². The minimum atomic E-state index is -1.38. The van der Waals surface area contributed by atoms with E-state index in [1.165, 1.54) is 11.3 Å². The summed E-state index contributed by atoms with van der Waals surface area (Å²) in [7, 11) is 0. The molecule has 2 rings (SSSR count). The largest absolute Gasteiger partial charge is 0.465 e. The Morgan fingerprint density at radius 2 is 2.26 bits per heavy atom. The van der Waals surface area contributed by atoms with Crippen LogP contribution in [0.3, 0.4) is 0 Å². The number of carboxylic acid groups (broad SMARTS) is 1. The van der Waals surface area contributed by atoms with Gasteiger partial charge in [0.1, 0.15) is 6.04 Å². The van der Waals surface area contributed by atoms with E-state index in [0.29, 0.717) is 15.5 Å². The highest BCUT2D eigenvalue weighted by Gasteiger charge is 2.40. The third kappa shape index (κ3) is 2.06. The molecule has 19 heavy (non-hydrogen) atoms. The molecule has 1 aliphatic rings. The number of nitriles is 1. The lowest BCUT2D eigenvalue weighted by molar-refractivity contribution is 0.136. The molecule has 0 aromatic carbocycles. The van der Waals surface area contributed by atoms with Gasteiger partial charge in [0, 0.05) is 10.6 Å². The van der Waals surface area contributed by atoms with Gasteiger partial charge in [-0.1, -0.05) is 0 Å². The number of amides is 3. The lowest BCUT2D eigenvalue weighted by Crippen LogP contribution is -2.49. The lowest BCUT2D eigenvalue weighted by atomic mass is 9.99. The summed E-state index contributed by atoms with van der Waals surface area (Å²) < 4.78 is 0. The maximum atomic E-state index is 11.8. The quantitative estimate of drug-likeness (QED) is 0.825. The summed E-state index contributed by atoms with van der Waals surface area (Å²) in [6.45, 7) is 3.41. The molecular weight excluding hydrogens is 266 g/mol. The van der Waals surface area contributed by atoms with Crippen molar-refractivity contribution in [3.8, 4) is 6.07 Å². The topological polar surface area (TPSA) is 93.4 Å². The number of carbonyl (C=O) groups is 2. The van der Waals surface area contributed by atoms with Crippen LogP contribution in [0.15, 0.2) is 22.7 Å². The number of urea groups is 1. The van der Waals surface area contributed by atoms with Gasteiger partial charge in [-0.05, 0) is 30.9 Å². The van der Waals surface area contributed by atoms with Gasteiger partial charge in [-0.3, -0.25) is 0 Å². The summed E-state index contributed by atoms with van der Waals surface area (Å²) in [5, 5.41) is 22.6. The fourth-order valence-electron chi connectivity index (χ4n) is 1.99. The average Bonchev–Trinajstić information content (AvgIpc) is 2.73. The molecule has 1 aromatic heterocycles. The Kier molecular flexibility index (Phi) is 3.27. The van der Waals surface area contributed by atoms with Gasteiger partial charge in [0.2, 0.25) is 0 Å². The molecule has 6 nitrogen and oxygen atoms in total. The molecule has 3 amide bonds. The van der Waals surface area contributed by atoms with Crippen molar-refractivity contribution in [3.63, 3.8) is 0 Å². The summed E-state index contributed by atoms with van der Waals surface area (Å²) in [6.07, 6.45) is -1.38. The number of hydrogen-bond donors (Lipinski definition) is 2. The molecule has 2 heterocycles. The Morgan fingerprint density at radius 3 is 2.74 bits per heavy atom. The number of nitrogens with one attached hydrogen (secondary N) is 1. The smallest absolute Gasteiger partial charge is 0.416 e. The fraction of sp³-hybridized carbons (Fsp3) is 0.250. The Labute approximate surface area is 113 Å². The maximum Gasteiger partial charge on any atom is 0.416 e. The predicted molar refractivity (Wildman–Crippen MR) is 68.5 cm³/mol. The number of carbonyl (C=O) groups excluding carboxylic acids is 1. The molecule has 0 aliphatic carbocycles. The second kappa shape index (κ2) is 4.74. The van der Waals surface area contributed by atoms with E-state index in [9.17, 15) is 20.0 Å². The first-order chi connectivity index (χ1) is 8.97. The van der Waals surface area contributed by atoms with Crippen molar-refractivity contribution in [2.75, 3.05) is 0 Å². The van der Waals surface area contributed by atoms with E-state index in [2.05, 4.69) is 5.32 Å². The highest BCUT2D eigenvalue weighted by molar-refractivity contribution is 7.10. The number of allylic oxidation sites excluding steroid dienone is 1. The number of aryl methyl sites for hydroxylation is 1. The number of imide groups is 1. The van der Waals surface area contributed by atoms with Crippen LogP contribution < -0.4 is 5.32 Å². The molecule has 1 aliphatic heterocycles. The molecule has 0 fully saturated rings.